The molecule has 0 spiro atoms. The number of unbranched alkanes of at least 4 members (excludes halogenated alkanes) is 1. The number of carbonyl (C=O) groups excluding carboxylic acids is 1. The number of nitrogens with zero attached hydrogens (tertiary/aromatic N) is 1. The maximum Gasteiger partial charge on any atom is 0.259 e. The Morgan fingerprint density at radius 1 is 1.07 bits per heavy atom. The molecule has 28 heavy (non-hydrogen) atoms. The summed E-state index contributed by atoms with van der Waals surface area (Å²) in [6.07, 6.45) is 3.62. The van der Waals surface area contributed by atoms with Gasteiger partial charge >= 0.3 is 0 Å². The van der Waals surface area contributed by atoms with Crippen molar-refractivity contribution in [3.8, 4) is 17.2 Å². The molecule has 0 saturated heterocycles. The lowest BCUT2D eigenvalue weighted by Gasteiger charge is -2.10. The SMILES string of the molecule is CCCCOc1ccc(/C=N\NC(=O)CNc2ccc(OC)cc2)cc1OC. The first-order chi connectivity index (χ1) is 13.7. The van der Waals surface area contributed by atoms with Crippen LogP contribution in [0.5, 0.6) is 17.2 Å². The zero-order chi connectivity index (χ0) is 20.2. The van der Waals surface area contributed by atoms with Gasteiger partial charge in [0.25, 0.3) is 5.91 Å². The minimum atomic E-state index is -0.251. The normalized spacial score (nSPS) is 10.5. The van der Waals surface area contributed by atoms with E-state index in [4.69, 9.17) is 14.2 Å². The van der Waals surface area contributed by atoms with Gasteiger partial charge in [0.1, 0.15) is 5.75 Å². The summed E-state index contributed by atoms with van der Waals surface area (Å²) in [7, 11) is 3.20. The minimum absolute atomic E-state index is 0.108. The molecule has 0 unspecified atom stereocenters. The summed E-state index contributed by atoms with van der Waals surface area (Å²) < 4.78 is 16.1. The minimum Gasteiger partial charge on any atom is -0.497 e. The molecule has 0 atom stereocenters. The average Bonchev–Trinajstić information content (AvgIpc) is 2.73. The van der Waals surface area contributed by atoms with E-state index in [2.05, 4.69) is 22.8 Å². The number of nitrogens with one attached hydrogen (secondary N) is 2. The van der Waals surface area contributed by atoms with Crippen molar-refractivity contribution in [3.63, 3.8) is 0 Å². The summed E-state index contributed by atoms with van der Waals surface area (Å²) in [5, 5.41) is 7.00. The van der Waals surface area contributed by atoms with Gasteiger partial charge in [-0.3, -0.25) is 4.79 Å². The van der Waals surface area contributed by atoms with Crippen LogP contribution in [0.15, 0.2) is 47.6 Å². The number of anilines is 1. The quantitative estimate of drug-likeness (QED) is 0.352. The Bertz CT molecular complexity index is 776. The first kappa shape index (κ1) is 21.1. The average molecular weight is 385 g/mol. The standard InChI is InChI=1S/C21H27N3O4/c1-4-5-12-28-19-11-6-16(13-20(19)27-3)14-23-24-21(25)15-22-17-7-9-18(26-2)10-8-17/h6-11,13-14,22H,4-5,12,15H2,1-3H3,(H,24,25)/b23-14-. The lowest BCUT2D eigenvalue weighted by atomic mass is 10.2. The highest BCUT2D eigenvalue weighted by Gasteiger charge is 2.05. The molecular formula is C21H27N3O4. The first-order valence-corrected chi connectivity index (χ1v) is 9.17. The molecule has 2 N–H and O–H groups in total. The summed E-state index contributed by atoms with van der Waals surface area (Å²) in [6.45, 7) is 2.87. The van der Waals surface area contributed by atoms with E-state index >= 15 is 0 Å². The van der Waals surface area contributed by atoms with Crippen molar-refractivity contribution in [2.75, 3.05) is 32.7 Å². The Morgan fingerprint density at radius 3 is 2.54 bits per heavy atom. The Morgan fingerprint density at radius 2 is 1.86 bits per heavy atom. The van der Waals surface area contributed by atoms with Crippen LogP contribution in [0.2, 0.25) is 0 Å². The van der Waals surface area contributed by atoms with Gasteiger partial charge in [-0.1, -0.05) is 13.3 Å². The second-order valence-corrected chi connectivity index (χ2v) is 5.99. The van der Waals surface area contributed by atoms with Crippen LogP contribution >= 0.6 is 0 Å². The number of benzene rings is 2. The van der Waals surface area contributed by atoms with Gasteiger partial charge in [-0.05, 0) is 54.4 Å². The number of hydrogen-bond donors (Lipinski definition) is 2. The van der Waals surface area contributed by atoms with Crippen molar-refractivity contribution < 1.29 is 19.0 Å². The van der Waals surface area contributed by atoms with E-state index in [9.17, 15) is 4.79 Å². The number of amides is 1. The summed E-state index contributed by atoms with van der Waals surface area (Å²) in [5.41, 5.74) is 4.11. The molecule has 0 aliphatic rings. The van der Waals surface area contributed by atoms with E-state index < -0.39 is 0 Å². The number of methoxy groups -OCH3 is 2. The van der Waals surface area contributed by atoms with Gasteiger partial charge in [0, 0.05) is 5.69 Å². The van der Waals surface area contributed by atoms with Crippen LogP contribution < -0.4 is 25.0 Å². The molecule has 0 aliphatic carbocycles. The highest BCUT2D eigenvalue weighted by molar-refractivity contribution is 5.84. The second-order valence-electron chi connectivity index (χ2n) is 5.99. The molecule has 2 aromatic rings. The smallest absolute Gasteiger partial charge is 0.259 e. The van der Waals surface area contributed by atoms with Crippen molar-refractivity contribution in [1.82, 2.24) is 5.43 Å². The number of hydrogen-bond acceptors (Lipinski definition) is 6. The van der Waals surface area contributed by atoms with E-state index in [0.717, 1.165) is 29.8 Å². The lowest BCUT2D eigenvalue weighted by Crippen LogP contribution is -2.25. The van der Waals surface area contributed by atoms with E-state index in [1.54, 1.807) is 20.4 Å². The largest absolute Gasteiger partial charge is 0.497 e. The Balaban J connectivity index is 1.82. The van der Waals surface area contributed by atoms with Gasteiger partial charge in [0.2, 0.25) is 0 Å². The fourth-order valence-corrected chi connectivity index (χ4v) is 2.32. The third-order valence-electron chi connectivity index (χ3n) is 3.89. The molecule has 0 bridgehead atoms. The van der Waals surface area contributed by atoms with E-state index in [1.807, 2.05) is 42.5 Å². The summed E-state index contributed by atoms with van der Waals surface area (Å²) >= 11 is 0. The van der Waals surface area contributed by atoms with Crippen LogP contribution in [0.4, 0.5) is 5.69 Å². The zero-order valence-electron chi connectivity index (χ0n) is 16.5. The molecule has 150 valence electrons. The fourth-order valence-electron chi connectivity index (χ4n) is 2.32. The number of rotatable bonds is 11. The van der Waals surface area contributed by atoms with Gasteiger partial charge in [-0.2, -0.15) is 5.10 Å². The van der Waals surface area contributed by atoms with Crippen LogP contribution in [0.3, 0.4) is 0 Å². The predicted octanol–water partition coefficient (Wildman–Crippen LogP) is 3.44. The van der Waals surface area contributed by atoms with Crippen molar-refractivity contribution in [1.29, 1.82) is 0 Å². The molecule has 0 saturated carbocycles. The van der Waals surface area contributed by atoms with Gasteiger partial charge in [0.05, 0.1) is 33.6 Å². The van der Waals surface area contributed by atoms with Gasteiger partial charge in [-0.25, -0.2) is 5.43 Å². The van der Waals surface area contributed by atoms with Crippen molar-refractivity contribution >= 4 is 17.8 Å². The van der Waals surface area contributed by atoms with Crippen molar-refractivity contribution in [2.45, 2.75) is 19.8 Å². The van der Waals surface area contributed by atoms with E-state index in [1.165, 1.54) is 0 Å². The van der Waals surface area contributed by atoms with Crippen molar-refractivity contribution in [2.24, 2.45) is 5.10 Å². The molecule has 2 aromatic carbocycles. The van der Waals surface area contributed by atoms with Gasteiger partial charge in [0.15, 0.2) is 11.5 Å². The molecule has 7 heteroatoms. The first-order valence-electron chi connectivity index (χ1n) is 9.17. The maximum absolute atomic E-state index is 11.9. The molecule has 0 fully saturated rings. The monoisotopic (exact) mass is 385 g/mol. The fraction of sp³-hybridized carbons (Fsp3) is 0.333. The Hall–Kier alpha value is -3.22. The molecule has 0 aliphatic heterocycles. The van der Waals surface area contributed by atoms with Crippen LogP contribution in [0, 0.1) is 0 Å². The zero-order valence-corrected chi connectivity index (χ0v) is 16.5. The van der Waals surface area contributed by atoms with Crippen LogP contribution in [-0.4, -0.2) is 39.5 Å². The molecule has 0 radical (unpaired) electrons. The van der Waals surface area contributed by atoms with Crippen LogP contribution in [0.1, 0.15) is 25.3 Å². The van der Waals surface area contributed by atoms with E-state index in [0.29, 0.717) is 18.1 Å². The maximum atomic E-state index is 11.9. The molecule has 7 nitrogen and oxygen atoms in total. The summed E-state index contributed by atoms with van der Waals surface area (Å²) in [5.74, 6) is 1.84. The third-order valence-corrected chi connectivity index (χ3v) is 3.89. The molecule has 0 aromatic heterocycles. The lowest BCUT2D eigenvalue weighted by molar-refractivity contribution is -0.119. The topological polar surface area (TPSA) is 81.2 Å². The summed E-state index contributed by atoms with van der Waals surface area (Å²) in [6, 6.07) is 12.8. The summed E-state index contributed by atoms with van der Waals surface area (Å²) in [4.78, 5) is 11.9. The molecule has 1 amide bonds. The third kappa shape index (κ3) is 6.83. The van der Waals surface area contributed by atoms with Crippen molar-refractivity contribution in [3.05, 3.63) is 48.0 Å². The van der Waals surface area contributed by atoms with Gasteiger partial charge in [-0.15, -0.1) is 0 Å². The van der Waals surface area contributed by atoms with E-state index in [-0.39, 0.29) is 12.5 Å². The van der Waals surface area contributed by atoms with Gasteiger partial charge < -0.3 is 19.5 Å². The number of ether oxygens (including phenoxy) is 3. The molecule has 2 rings (SSSR count). The van der Waals surface area contributed by atoms with Crippen LogP contribution in [0.25, 0.3) is 0 Å². The molecule has 0 heterocycles. The predicted molar refractivity (Wildman–Crippen MR) is 111 cm³/mol. The Kier molecular flexibility index (Phi) is 8.65. The second kappa shape index (κ2) is 11.5. The molecular weight excluding hydrogens is 358 g/mol. The number of hydrazone groups is 1. The Labute approximate surface area is 165 Å². The van der Waals surface area contributed by atoms with Crippen LogP contribution in [-0.2, 0) is 4.79 Å². The highest BCUT2D eigenvalue weighted by Crippen LogP contribution is 2.27. The highest BCUT2D eigenvalue weighted by atomic mass is 16.5. The number of carbonyl (C=O) groups is 1.